The molecule has 0 atom stereocenters. The van der Waals surface area contributed by atoms with Crippen LogP contribution in [0.2, 0.25) is 0 Å². The molecule has 0 aliphatic heterocycles. The standard InChI is InChI=1S/C51H36N2/c1-51(2)45-31-49-43(41-27-35(33-15-7-3-8-16-33)23-25-47(41)52(49)37-19-11-5-12-20-37)29-39(45)40-30-44-42-28-36(34-17-9-4-10-18-34)24-26-48(42)53(50(44)32-46(40)51)38-21-13-6-14-22-38/h3-32H,1-2H3. The fraction of sp³-hybridized carbons (Fsp3) is 0.0588. The lowest BCUT2D eigenvalue weighted by Gasteiger charge is -2.22. The molecule has 0 saturated carbocycles. The summed E-state index contributed by atoms with van der Waals surface area (Å²) in [7, 11) is 0. The third-order valence-electron chi connectivity index (χ3n) is 11.7. The summed E-state index contributed by atoms with van der Waals surface area (Å²) in [6, 6.07) is 67.0. The van der Waals surface area contributed by atoms with Gasteiger partial charge >= 0.3 is 0 Å². The molecule has 1 aliphatic rings. The highest BCUT2D eigenvalue weighted by molar-refractivity contribution is 6.15. The van der Waals surface area contributed by atoms with Gasteiger partial charge in [0.1, 0.15) is 0 Å². The average molecular weight is 677 g/mol. The van der Waals surface area contributed by atoms with Crippen LogP contribution in [-0.2, 0) is 5.41 Å². The van der Waals surface area contributed by atoms with Gasteiger partial charge in [-0.3, -0.25) is 0 Å². The first kappa shape index (κ1) is 30.0. The summed E-state index contributed by atoms with van der Waals surface area (Å²) in [5.41, 5.74) is 17.4. The zero-order valence-corrected chi connectivity index (χ0v) is 29.7. The second kappa shape index (κ2) is 11.2. The van der Waals surface area contributed by atoms with Gasteiger partial charge in [0.15, 0.2) is 0 Å². The molecule has 0 spiro atoms. The molecule has 0 unspecified atom stereocenters. The Morgan fingerprint density at radius 1 is 0.321 bits per heavy atom. The highest BCUT2D eigenvalue weighted by Gasteiger charge is 2.37. The van der Waals surface area contributed by atoms with Crippen molar-refractivity contribution in [3.05, 3.63) is 193 Å². The molecule has 0 radical (unpaired) electrons. The third-order valence-corrected chi connectivity index (χ3v) is 11.7. The molecule has 53 heavy (non-hydrogen) atoms. The van der Waals surface area contributed by atoms with Gasteiger partial charge in [-0.1, -0.05) is 123 Å². The van der Waals surface area contributed by atoms with Gasteiger partial charge in [-0.15, -0.1) is 0 Å². The van der Waals surface area contributed by atoms with E-state index in [-0.39, 0.29) is 5.41 Å². The van der Waals surface area contributed by atoms with Crippen LogP contribution in [0.15, 0.2) is 182 Å². The highest BCUT2D eigenvalue weighted by Crippen LogP contribution is 2.53. The van der Waals surface area contributed by atoms with Crippen LogP contribution in [0.1, 0.15) is 25.0 Å². The Morgan fingerprint density at radius 3 is 1.08 bits per heavy atom. The van der Waals surface area contributed by atoms with Crippen LogP contribution in [0.3, 0.4) is 0 Å². The maximum Gasteiger partial charge on any atom is 0.0544 e. The predicted molar refractivity (Wildman–Crippen MR) is 224 cm³/mol. The van der Waals surface area contributed by atoms with Gasteiger partial charge in [0.05, 0.1) is 22.1 Å². The topological polar surface area (TPSA) is 9.86 Å². The summed E-state index contributed by atoms with van der Waals surface area (Å²) < 4.78 is 4.91. The van der Waals surface area contributed by atoms with Crippen molar-refractivity contribution in [1.29, 1.82) is 0 Å². The van der Waals surface area contributed by atoms with E-state index in [1.807, 2.05) is 0 Å². The Balaban J connectivity index is 1.21. The van der Waals surface area contributed by atoms with E-state index in [1.165, 1.54) is 99.5 Å². The van der Waals surface area contributed by atoms with Crippen molar-refractivity contribution in [3.8, 4) is 44.8 Å². The summed E-state index contributed by atoms with van der Waals surface area (Å²) >= 11 is 0. The molecule has 0 fully saturated rings. The number of para-hydroxylation sites is 2. The van der Waals surface area contributed by atoms with E-state index in [4.69, 9.17) is 0 Å². The van der Waals surface area contributed by atoms with Gasteiger partial charge in [-0.25, -0.2) is 0 Å². The van der Waals surface area contributed by atoms with Gasteiger partial charge in [-0.05, 0) is 117 Å². The quantitative estimate of drug-likeness (QED) is 0.176. The number of nitrogens with zero attached hydrogens (tertiary/aromatic N) is 2. The lowest BCUT2D eigenvalue weighted by Crippen LogP contribution is -2.15. The smallest absolute Gasteiger partial charge is 0.0544 e. The summed E-state index contributed by atoms with van der Waals surface area (Å²) in [5, 5.41) is 5.10. The molecule has 0 saturated heterocycles. The monoisotopic (exact) mass is 676 g/mol. The van der Waals surface area contributed by atoms with Gasteiger partial charge in [0.25, 0.3) is 0 Å². The van der Waals surface area contributed by atoms with Crippen molar-refractivity contribution >= 4 is 43.6 Å². The van der Waals surface area contributed by atoms with Crippen molar-refractivity contribution in [1.82, 2.24) is 9.13 Å². The minimum absolute atomic E-state index is 0.201. The second-order valence-electron chi connectivity index (χ2n) is 15.0. The van der Waals surface area contributed by atoms with Crippen molar-refractivity contribution in [2.45, 2.75) is 19.3 Å². The van der Waals surface area contributed by atoms with Gasteiger partial charge in [-0.2, -0.15) is 0 Å². The van der Waals surface area contributed by atoms with Crippen molar-refractivity contribution in [2.24, 2.45) is 0 Å². The van der Waals surface area contributed by atoms with Gasteiger partial charge < -0.3 is 9.13 Å². The Morgan fingerprint density at radius 2 is 0.679 bits per heavy atom. The highest BCUT2D eigenvalue weighted by atomic mass is 15.0. The van der Waals surface area contributed by atoms with Crippen LogP contribution in [0, 0.1) is 0 Å². The average Bonchev–Trinajstić information content (AvgIpc) is 3.79. The molecule has 2 heterocycles. The Kier molecular flexibility index (Phi) is 6.33. The fourth-order valence-electron chi connectivity index (χ4n) is 9.09. The first-order valence-electron chi connectivity index (χ1n) is 18.5. The number of aromatic nitrogens is 2. The lowest BCUT2D eigenvalue weighted by molar-refractivity contribution is 0.661. The first-order chi connectivity index (χ1) is 26.0. The Labute approximate surface area is 308 Å². The molecule has 0 N–H and O–H groups in total. The molecule has 1 aliphatic carbocycles. The summed E-state index contributed by atoms with van der Waals surface area (Å²) in [4.78, 5) is 0. The van der Waals surface area contributed by atoms with E-state index >= 15 is 0 Å². The largest absolute Gasteiger partial charge is 0.309 e. The van der Waals surface area contributed by atoms with E-state index in [0.29, 0.717) is 0 Å². The van der Waals surface area contributed by atoms with E-state index in [2.05, 4.69) is 205 Å². The molecular weight excluding hydrogens is 641 g/mol. The van der Waals surface area contributed by atoms with Crippen molar-refractivity contribution in [3.63, 3.8) is 0 Å². The maximum absolute atomic E-state index is 2.49. The second-order valence-corrected chi connectivity index (χ2v) is 15.0. The molecule has 2 heteroatoms. The summed E-state index contributed by atoms with van der Waals surface area (Å²) in [6.07, 6.45) is 0. The minimum atomic E-state index is -0.201. The SMILES string of the molecule is CC1(C)c2cc3c(cc2-c2cc4c5cc(-c6ccccc6)ccc5n(-c5ccccc5)c4cc21)c1cc(-c2ccccc2)ccc1n3-c1ccccc1. The predicted octanol–water partition coefficient (Wildman–Crippen LogP) is 13.5. The number of benzene rings is 8. The van der Waals surface area contributed by atoms with Crippen LogP contribution in [0.25, 0.3) is 88.4 Å². The van der Waals surface area contributed by atoms with Crippen LogP contribution in [0.5, 0.6) is 0 Å². The Hall–Kier alpha value is -6.64. The summed E-state index contributed by atoms with van der Waals surface area (Å²) in [5.74, 6) is 0. The number of hydrogen-bond acceptors (Lipinski definition) is 0. The summed E-state index contributed by atoms with van der Waals surface area (Å²) in [6.45, 7) is 4.81. The zero-order valence-electron chi connectivity index (χ0n) is 29.7. The molecule has 10 aromatic rings. The van der Waals surface area contributed by atoms with Crippen LogP contribution in [0.4, 0.5) is 0 Å². The van der Waals surface area contributed by atoms with Gasteiger partial charge in [0.2, 0.25) is 0 Å². The van der Waals surface area contributed by atoms with Gasteiger partial charge in [0, 0.05) is 38.3 Å². The van der Waals surface area contributed by atoms with Crippen LogP contribution < -0.4 is 0 Å². The lowest BCUT2D eigenvalue weighted by atomic mass is 9.82. The maximum atomic E-state index is 2.49. The molecule has 250 valence electrons. The molecular formula is C51H36N2. The first-order valence-corrected chi connectivity index (χ1v) is 18.5. The molecule has 2 nitrogen and oxygen atoms in total. The minimum Gasteiger partial charge on any atom is -0.309 e. The zero-order chi connectivity index (χ0) is 35.3. The molecule has 11 rings (SSSR count). The van der Waals surface area contributed by atoms with E-state index < -0.39 is 0 Å². The fourth-order valence-corrected chi connectivity index (χ4v) is 9.09. The van der Waals surface area contributed by atoms with E-state index in [9.17, 15) is 0 Å². The Bertz CT molecular complexity index is 2830. The molecule has 8 aromatic carbocycles. The van der Waals surface area contributed by atoms with Crippen molar-refractivity contribution < 1.29 is 0 Å². The van der Waals surface area contributed by atoms with Crippen LogP contribution in [-0.4, -0.2) is 9.13 Å². The molecule has 0 bridgehead atoms. The molecule has 0 amide bonds. The number of fused-ring (bicyclic) bond motifs is 9. The molecule has 2 aromatic heterocycles. The van der Waals surface area contributed by atoms with E-state index in [0.717, 1.165) is 0 Å². The van der Waals surface area contributed by atoms with Crippen LogP contribution >= 0.6 is 0 Å². The van der Waals surface area contributed by atoms with E-state index in [1.54, 1.807) is 0 Å². The number of hydrogen-bond donors (Lipinski definition) is 0. The van der Waals surface area contributed by atoms with Crippen molar-refractivity contribution in [2.75, 3.05) is 0 Å². The normalized spacial score (nSPS) is 13.2. The number of rotatable bonds is 4. The third kappa shape index (κ3) is 4.39.